The van der Waals surface area contributed by atoms with Crippen LogP contribution in [0.3, 0.4) is 0 Å². The van der Waals surface area contributed by atoms with E-state index in [2.05, 4.69) is 5.32 Å². The number of carbonyl (C=O) groups is 1. The quantitative estimate of drug-likeness (QED) is 0.674. The van der Waals surface area contributed by atoms with Crippen molar-refractivity contribution in [2.24, 2.45) is 0 Å². The van der Waals surface area contributed by atoms with E-state index in [1.54, 1.807) is 11.8 Å². The lowest BCUT2D eigenvalue weighted by Gasteiger charge is -2.16. The standard InChI is InChI=1S/C13H16ClNOS/c1-17-12-8-3-2-5-9(12)13(16)15-11-7-4-6-10(11)14/h2-3,5,8,10-11H,4,6-7H2,1H3,(H,15,16). The summed E-state index contributed by atoms with van der Waals surface area (Å²) in [4.78, 5) is 13.2. The third-order valence-electron chi connectivity index (χ3n) is 3.10. The van der Waals surface area contributed by atoms with Gasteiger partial charge in [0.05, 0.1) is 10.9 Å². The van der Waals surface area contributed by atoms with Crippen LogP contribution in [0.2, 0.25) is 0 Å². The van der Waals surface area contributed by atoms with E-state index in [-0.39, 0.29) is 17.3 Å². The fourth-order valence-corrected chi connectivity index (χ4v) is 3.09. The predicted octanol–water partition coefficient (Wildman–Crippen LogP) is 3.30. The van der Waals surface area contributed by atoms with Gasteiger partial charge in [-0.3, -0.25) is 4.79 Å². The molecule has 0 saturated heterocycles. The van der Waals surface area contributed by atoms with Crippen molar-refractivity contribution >= 4 is 29.3 Å². The number of rotatable bonds is 3. The molecule has 1 amide bonds. The number of amides is 1. The fraction of sp³-hybridized carbons (Fsp3) is 0.462. The van der Waals surface area contributed by atoms with Gasteiger partial charge in [-0.15, -0.1) is 23.4 Å². The fourth-order valence-electron chi connectivity index (χ4n) is 2.16. The van der Waals surface area contributed by atoms with Crippen molar-refractivity contribution in [2.75, 3.05) is 6.26 Å². The number of hydrogen-bond donors (Lipinski definition) is 1. The first-order valence-electron chi connectivity index (χ1n) is 5.80. The van der Waals surface area contributed by atoms with Crippen molar-refractivity contribution < 1.29 is 4.79 Å². The molecule has 0 aromatic heterocycles. The molecule has 2 unspecified atom stereocenters. The van der Waals surface area contributed by atoms with Crippen LogP contribution in [-0.4, -0.2) is 23.6 Å². The summed E-state index contributed by atoms with van der Waals surface area (Å²) >= 11 is 7.75. The van der Waals surface area contributed by atoms with Crippen LogP contribution in [0.5, 0.6) is 0 Å². The SMILES string of the molecule is CSc1ccccc1C(=O)NC1CCCC1Cl. The van der Waals surface area contributed by atoms with E-state index in [1.807, 2.05) is 30.5 Å². The topological polar surface area (TPSA) is 29.1 Å². The van der Waals surface area contributed by atoms with Crippen LogP contribution in [0.4, 0.5) is 0 Å². The van der Waals surface area contributed by atoms with Crippen LogP contribution in [0.1, 0.15) is 29.6 Å². The van der Waals surface area contributed by atoms with Crippen molar-refractivity contribution in [3.05, 3.63) is 29.8 Å². The van der Waals surface area contributed by atoms with Gasteiger partial charge < -0.3 is 5.32 Å². The Balaban J connectivity index is 2.09. The minimum Gasteiger partial charge on any atom is -0.348 e. The number of benzene rings is 1. The summed E-state index contributed by atoms with van der Waals surface area (Å²) in [5.41, 5.74) is 0.746. The summed E-state index contributed by atoms with van der Waals surface area (Å²) in [6.07, 6.45) is 5.06. The maximum absolute atomic E-state index is 12.1. The molecule has 1 fully saturated rings. The van der Waals surface area contributed by atoms with Gasteiger partial charge in [0.2, 0.25) is 0 Å². The summed E-state index contributed by atoms with van der Waals surface area (Å²) < 4.78 is 0. The predicted molar refractivity (Wildman–Crippen MR) is 73.0 cm³/mol. The second kappa shape index (κ2) is 5.78. The maximum Gasteiger partial charge on any atom is 0.252 e. The van der Waals surface area contributed by atoms with Crippen LogP contribution >= 0.6 is 23.4 Å². The van der Waals surface area contributed by atoms with Crippen molar-refractivity contribution in [1.29, 1.82) is 0 Å². The Hall–Kier alpha value is -0.670. The molecule has 0 aliphatic heterocycles. The number of thioether (sulfide) groups is 1. The normalized spacial score (nSPS) is 23.6. The maximum atomic E-state index is 12.1. The second-order valence-corrected chi connectivity index (χ2v) is 5.64. The molecule has 1 saturated carbocycles. The highest BCUT2D eigenvalue weighted by atomic mass is 35.5. The highest BCUT2D eigenvalue weighted by Gasteiger charge is 2.27. The first-order chi connectivity index (χ1) is 8.22. The molecule has 0 bridgehead atoms. The second-order valence-electron chi connectivity index (χ2n) is 4.23. The Kier molecular flexibility index (Phi) is 4.35. The molecule has 17 heavy (non-hydrogen) atoms. The lowest BCUT2D eigenvalue weighted by Crippen LogP contribution is -2.38. The molecule has 0 radical (unpaired) electrons. The van der Waals surface area contributed by atoms with Gasteiger partial charge in [0, 0.05) is 10.9 Å². The van der Waals surface area contributed by atoms with Crippen LogP contribution in [0, 0.1) is 0 Å². The van der Waals surface area contributed by atoms with Gasteiger partial charge in [-0.25, -0.2) is 0 Å². The Morgan fingerprint density at radius 3 is 2.82 bits per heavy atom. The smallest absolute Gasteiger partial charge is 0.252 e. The van der Waals surface area contributed by atoms with Gasteiger partial charge in [0.25, 0.3) is 5.91 Å². The molecule has 1 N–H and O–H groups in total. The summed E-state index contributed by atoms with van der Waals surface area (Å²) in [6, 6.07) is 7.79. The first-order valence-corrected chi connectivity index (χ1v) is 7.46. The van der Waals surface area contributed by atoms with E-state index in [9.17, 15) is 4.79 Å². The van der Waals surface area contributed by atoms with Gasteiger partial charge in [-0.2, -0.15) is 0 Å². The molecule has 1 aromatic rings. The third-order valence-corrected chi connectivity index (χ3v) is 4.42. The summed E-state index contributed by atoms with van der Waals surface area (Å²) in [6.45, 7) is 0. The number of carbonyl (C=O) groups excluding carboxylic acids is 1. The van der Waals surface area contributed by atoms with E-state index in [4.69, 9.17) is 11.6 Å². The van der Waals surface area contributed by atoms with E-state index in [1.165, 1.54) is 0 Å². The molecular formula is C13H16ClNOS. The zero-order valence-corrected chi connectivity index (χ0v) is 11.4. The minimum absolute atomic E-state index is 0.00694. The highest BCUT2D eigenvalue weighted by Crippen LogP contribution is 2.25. The number of hydrogen-bond acceptors (Lipinski definition) is 2. The third kappa shape index (κ3) is 2.96. The summed E-state index contributed by atoms with van der Waals surface area (Å²) in [7, 11) is 0. The molecule has 4 heteroatoms. The average Bonchev–Trinajstić information content (AvgIpc) is 2.75. The highest BCUT2D eigenvalue weighted by molar-refractivity contribution is 7.98. The zero-order chi connectivity index (χ0) is 12.3. The summed E-state index contributed by atoms with van der Waals surface area (Å²) in [5.74, 6) is -0.00694. The minimum atomic E-state index is -0.00694. The van der Waals surface area contributed by atoms with Gasteiger partial charge in [0.1, 0.15) is 0 Å². The molecule has 92 valence electrons. The molecule has 1 aliphatic carbocycles. The molecule has 2 nitrogen and oxygen atoms in total. The summed E-state index contributed by atoms with van der Waals surface area (Å²) in [5, 5.41) is 3.12. The van der Waals surface area contributed by atoms with Crippen molar-refractivity contribution in [2.45, 2.75) is 35.6 Å². The molecule has 0 heterocycles. The molecule has 0 spiro atoms. The Morgan fingerprint density at radius 1 is 1.41 bits per heavy atom. The van der Waals surface area contributed by atoms with Crippen molar-refractivity contribution in [1.82, 2.24) is 5.32 Å². The number of alkyl halides is 1. The first kappa shape index (κ1) is 12.8. The molecule has 2 rings (SSSR count). The van der Waals surface area contributed by atoms with E-state index in [0.717, 1.165) is 29.7 Å². The van der Waals surface area contributed by atoms with Crippen molar-refractivity contribution in [3.8, 4) is 0 Å². The van der Waals surface area contributed by atoms with Crippen molar-refractivity contribution in [3.63, 3.8) is 0 Å². The molecule has 1 aromatic carbocycles. The van der Waals surface area contributed by atoms with Crippen LogP contribution < -0.4 is 5.32 Å². The van der Waals surface area contributed by atoms with Crippen LogP contribution in [0.15, 0.2) is 29.2 Å². The van der Waals surface area contributed by atoms with E-state index in [0.29, 0.717) is 0 Å². The average molecular weight is 270 g/mol. The van der Waals surface area contributed by atoms with Gasteiger partial charge in [-0.05, 0) is 37.7 Å². The van der Waals surface area contributed by atoms with Crippen LogP contribution in [-0.2, 0) is 0 Å². The van der Waals surface area contributed by atoms with Gasteiger partial charge in [0.15, 0.2) is 0 Å². The number of halogens is 1. The Labute approximate surface area is 111 Å². The lowest BCUT2D eigenvalue weighted by atomic mass is 10.2. The molecule has 2 atom stereocenters. The Bertz CT molecular complexity index is 410. The Morgan fingerprint density at radius 2 is 2.18 bits per heavy atom. The zero-order valence-electron chi connectivity index (χ0n) is 9.78. The molecular weight excluding hydrogens is 254 g/mol. The lowest BCUT2D eigenvalue weighted by molar-refractivity contribution is 0.0935. The monoisotopic (exact) mass is 269 g/mol. The van der Waals surface area contributed by atoms with E-state index < -0.39 is 0 Å². The largest absolute Gasteiger partial charge is 0.348 e. The van der Waals surface area contributed by atoms with Gasteiger partial charge >= 0.3 is 0 Å². The molecule has 1 aliphatic rings. The number of nitrogens with one attached hydrogen (secondary N) is 1. The van der Waals surface area contributed by atoms with Crippen LogP contribution in [0.25, 0.3) is 0 Å². The van der Waals surface area contributed by atoms with Gasteiger partial charge in [-0.1, -0.05) is 12.1 Å². The van der Waals surface area contributed by atoms with E-state index >= 15 is 0 Å².